The van der Waals surface area contributed by atoms with Crippen LogP contribution in [0.15, 0.2) is 44.3 Å². The van der Waals surface area contributed by atoms with Gasteiger partial charge in [0.25, 0.3) is 5.91 Å². The quantitative estimate of drug-likeness (QED) is 0.356. The normalized spacial score (nSPS) is 18.1. The molecule has 8 nitrogen and oxygen atoms in total. The van der Waals surface area contributed by atoms with Crippen LogP contribution < -0.4 is 5.32 Å². The minimum absolute atomic E-state index is 0.0199. The zero-order valence-electron chi connectivity index (χ0n) is 13.0. The van der Waals surface area contributed by atoms with Crippen LogP contribution in [0, 0.1) is 5.82 Å². The number of thioether (sulfide) groups is 1. The van der Waals surface area contributed by atoms with E-state index in [9.17, 15) is 22.4 Å². The number of sulfone groups is 1. The Labute approximate surface area is 146 Å². The summed E-state index contributed by atoms with van der Waals surface area (Å²) in [5.41, 5.74) is 0.0199. The van der Waals surface area contributed by atoms with Crippen LogP contribution in [0.3, 0.4) is 0 Å². The zero-order chi connectivity index (χ0) is 18.6. The van der Waals surface area contributed by atoms with Gasteiger partial charge in [-0.05, 0) is 17.8 Å². The van der Waals surface area contributed by atoms with E-state index >= 15 is 0 Å². The lowest BCUT2D eigenvalue weighted by molar-refractivity contribution is -0.135. The average molecular weight is 385 g/mol. The molecule has 1 aromatic carbocycles. The van der Waals surface area contributed by atoms with Crippen molar-refractivity contribution in [3.05, 3.63) is 40.6 Å². The predicted molar refractivity (Wildman–Crippen MR) is 90.4 cm³/mol. The van der Waals surface area contributed by atoms with Crippen LogP contribution in [0.1, 0.15) is 5.56 Å². The van der Waals surface area contributed by atoms with Gasteiger partial charge in [-0.15, -0.1) is 5.10 Å². The van der Waals surface area contributed by atoms with Crippen molar-refractivity contribution in [2.75, 3.05) is 13.4 Å². The van der Waals surface area contributed by atoms with Gasteiger partial charge >= 0.3 is 5.97 Å². The standard InChI is InChI=1S/C14H12FN3O5S2/c1-23-11(19)6-10-13(20)17-14(24-10)18-16-7-8-4-3-5-9(15)12(8)25(2,21)22/h3-7H,1-2H3,(H,17,18,20)/b10-6+,16-7?. The van der Waals surface area contributed by atoms with Gasteiger partial charge in [0.1, 0.15) is 10.7 Å². The molecule has 11 heteroatoms. The molecule has 132 valence electrons. The van der Waals surface area contributed by atoms with Crippen LogP contribution in [0.4, 0.5) is 4.39 Å². The molecule has 1 fully saturated rings. The summed E-state index contributed by atoms with van der Waals surface area (Å²) in [6.45, 7) is 0. The summed E-state index contributed by atoms with van der Waals surface area (Å²) in [5, 5.41) is 9.82. The number of carbonyl (C=O) groups excluding carboxylic acids is 2. The number of nitrogens with zero attached hydrogens (tertiary/aromatic N) is 2. The first-order chi connectivity index (χ1) is 11.7. The summed E-state index contributed by atoms with van der Waals surface area (Å²) in [4.78, 5) is 22.3. The second-order valence-electron chi connectivity index (χ2n) is 4.67. The third-order valence-corrected chi connectivity index (χ3v) is 4.89. The van der Waals surface area contributed by atoms with Crippen molar-refractivity contribution < 1.29 is 27.1 Å². The second-order valence-corrected chi connectivity index (χ2v) is 7.65. The lowest BCUT2D eigenvalue weighted by Gasteiger charge is -2.03. The van der Waals surface area contributed by atoms with Gasteiger partial charge in [0.2, 0.25) is 0 Å². The summed E-state index contributed by atoms with van der Waals surface area (Å²) in [6.07, 6.45) is 2.94. The van der Waals surface area contributed by atoms with Gasteiger partial charge in [-0.3, -0.25) is 10.1 Å². The van der Waals surface area contributed by atoms with E-state index in [1.165, 1.54) is 19.2 Å². The van der Waals surface area contributed by atoms with Crippen LogP contribution in [0.2, 0.25) is 0 Å². The van der Waals surface area contributed by atoms with Gasteiger partial charge in [-0.2, -0.15) is 5.10 Å². The first-order valence-corrected chi connectivity index (χ1v) is 9.31. The Bertz CT molecular complexity index is 922. The fourth-order valence-electron chi connectivity index (χ4n) is 1.80. The number of benzene rings is 1. The Morgan fingerprint density at radius 1 is 1.40 bits per heavy atom. The maximum Gasteiger partial charge on any atom is 0.331 e. The fraction of sp³-hybridized carbons (Fsp3) is 0.143. The van der Waals surface area contributed by atoms with Gasteiger partial charge in [-0.1, -0.05) is 12.1 Å². The van der Waals surface area contributed by atoms with Crippen LogP contribution in [-0.2, 0) is 24.2 Å². The first-order valence-electron chi connectivity index (χ1n) is 6.61. The van der Waals surface area contributed by atoms with Gasteiger partial charge in [0.05, 0.1) is 18.2 Å². The lowest BCUT2D eigenvalue weighted by atomic mass is 10.2. The van der Waals surface area contributed by atoms with E-state index in [1.807, 2.05) is 0 Å². The maximum absolute atomic E-state index is 13.7. The van der Waals surface area contributed by atoms with E-state index < -0.39 is 32.4 Å². The molecule has 1 aromatic rings. The number of carbonyl (C=O) groups is 2. The van der Waals surface area contributed by atoms with Gasteiger partial charge in [0.15, 0.2) is 15.0 Å². The number of esters is 1. The number of hydrogen-bond donors (Lipinski definition) is 1. The van der Waals surface area contributed by atoms with E-state index in [0.29, 0.717) is 0 Å². The number of rotatable bonds is 4. The number of amides is 1. The lowest BCUT2D eigenvalue weighted by Crippen LogP contribution is -2.19. The molecule has 0 bridgehead atoms. The number of hydrogen-bond acceptors (Lipinski definition) is 8. The van der Waals surface area contributed by atoms with E-state index in [0.717, 1.165) is 36.4 Å². The summed E-state index contributed by atoms with van der Waals surface area (Å²) < 4.78 is 41.5. The number of amidine groups is 1. The molecule has 0 atom stereocenters. The average Bonchev–Trinajstić information content (AvgIpc) is 2.85. The van der Waals surface area contributed by atoms with Gasteiger partial charge in [0, 0.05) is 17.9 Å². The Kier molecular flexibility index (Phi) is 5.69. The maximum atomic E-state index is 13.7. The Morgan fingerprint density at radius 3 is 2.76 bits per heavy atom. The summed E-state index contributed by atoms with van der Waals surface area (Å²) in [6, 6.07) is 3.73. The van der Waals surface area contributed by atoms with Crippen molar-refractivity contribution >= 4 is 44.9 Å². The van der Waals surface area contributed by atoms with Crippen LogP contribution in [0.25, 0.3) is 0 Å². The third kappa shape index (κ3) is 4.73. The summed E-state index contributed by atoms with van der Waals surface area (Å²) in [7, 11) is -2.62. The Morgan fingerprint density at radius 2 is 2.12 bits per heavy atom. The summed E-state index contributed by atoms with van der Waals surface area (Å²) >= 11 is 0.854. The van der Waals surface area contributed by atoms with Gasteiger partial charge in [-0.25, -0.2) is 17.6 Å². The molecule has 1 aliphatic heterocycles. The molecule has 0 aliphatic carbocycles. The van der Waals surface area contributed by atoms with Crippen molar-refractivity contribution in [1.29, 1.82) is 0 Å². The topological polar surface area (TPSA) is 114 Å². The molecule has 25 heavy (non-hydrogen) atoms. The number of methoxy groups -OCH3 is 1. The molecular weight excluding hydrogens is 373 g/mol. The Hall–Kier alpha value is -2.53. The molecule has 1 aliphatic rings. The predicted octanol–water partition coefficient (Wildman–Crippen LogP) is 0.839. The largest absolute Gasteiger partial charge is 0.466 e. The van der Waals surface area contributed by atoms with Crippen molar-refractivity contribution in [2.45, 2.75) is 4.90 Å². The molecule has 2 rings (SSSR count). The van der Waals surface area contributed by atoms with Crippen molar-refractivity contribution in [1.82, 2.24) is 5.32 Å². The molecule has 1 heterocycles. The molecule has 1 amide bonds. The number of halogens is 1. The smallest absolute Gasteiger partial charge is 0.331 e. The molecule has 0 unspecified atom stereocenters. The molecule has 0 radical (unpaired) electrons. The van der Waals surface area contributed by atoms with E-state index in [1.54, 1.807) is 0 Å². The molecule has 0 aromatic heterocycles. The van der Waals surface area contributed by atoms with Crippen LogP contribution in [-0.4, -0.2) is 45.0 Å². The third-order valence-electron chi connectivity index (χ3n) is 2.81. The molecule has 0 saturated carbocycles. The van der Waals surface area contributed by atoms with Crippen LogP contribution in [0.5, 0.6) is 0 Å². The van der Waals surface area contributed by atoms with Crippen molar-refractivity contribution in [2.24, 2.45) is 10.2 Å². The Balaban J connectivity index is 2.24. The highest BCUT2D eigenvalue weighted by Gasteiger charge is 2.25. The highest BCUT2D eigenvalue weighted by Crippen LogP contribution is 2.23. The first kappa shape index (κ1) is 18.8. The SMILES string of the molecule is COC(=O)/C=C1/S/C(=N\N=Cc2cccc(F)c2S(C)(=O)=O)NC1=O. The summed E-state index contributed by atoms with van der Waals surface area (Å²) in [5.74, 6) is -2.14. The minimum atomic E-state index is -3.80. The van der Waals surface area contributed by atoms with E-state index in [-0.39, 0.29) is 15.6 Å². The molecule has 1 N–H and O–H groups in total. The minimum Gasteiger partial charge on any atom is -0.466 e. The van der Waals surface area contributed by atoms with E-state index in [4.69, 9.17) is 0 Å². The monoisotopic (exact) mass is 385 g/mol. The highest BCUT2D eigenvalue weighted by molar-refractivity contribution is 8.18. The second kappa shape index (κ2) is 7.57. The number of ether oxygens (including phenoxy) is 1. The van der Waals surface area contributed by atoms with Crippen molar-refractivity contribution in [3.8, 4) is 0 Å². The van der Waals surface area contributed by atoms with Gasteiger partial charge < -0.3 is 4.74 Å². The molecular formula is C14H12FN3O5S2. The fourth-order valence-corrected chi connectivity index (χ4v) is 3.51. The highest BCUT2D eigenvalue weighted by atomic mass is 32.2. The van der Waals surface area contributed by atoms with Crippen LogP contribution >= 0.6 is 11.8 Å². The van der Waals surface area contributed by atoms with E-state index in [2.05, 4.69) is 20.3 Å². The number of nitrogens with one attached hydrogen (secondary N) is 1. The van der Waals surface area contributed by atoms with Crippen molar-refractivity contribution in [3.63, 3.8) is 0 Å². The molecule has 1 saturated heterocycles. The molecule has 0 spiro atoms. The zero-order valence-corrected chi connectivity index (χ0v) is 14.6.